The third-order valence-corrected chi connectivity index (χ3v) is 4.39. The molecule has 0 radical (unpaired) electrons. The molecule has 0 unspecified atom stereocenters. The van der Waals surface area contributed by atoms with E-state index >= 15 is 0 Å². The molecule has 1 fully saturated rings. The van der Waals surface area contributed by atoms with Crippen LogP contribution in [-0.4, -0.2) is 49.7 Å². The van der Waals surface area contributed by atoms with Gasteiger partial charge in [-0.1, -0.05) is 13.8 Å². The van der Waals surface area contributed by atoms with Gasteiger partial charge in [-0.05, 0) is 19.8 Å². The molecule has 4 amide bonds. The standard InChI is InChI=1S/C17H23N5O3/c1-10(2)5-13-18-6-11-7-21(8-12(11)19-13)14(23)9-22-15(24)17(3,4)20-16(22)25/h6,10H,5,7-9H2,1-4H3,(H,20,25). The lowest BCUT2D eigenvalue weighted by Crippen LogP contribution is -2.43. The Morgan fingerprint density at radius 2 is 2.04 bits per heavy atom. The van der Waals surface area contributed by atoms with E-state index in [2.05, 4.69) is 29.1 Å². The molecule has 25 heavy (non-hydrogen) atoms. The van der Waals surface area contributed by atoms with Gasteiger partial charge in [-0.3, -0.25) is 14.5 Å². The fourth-order valence-corrected chi connectivity index (χ4v) is 3.03. The summed E-state index contributed by atoms with van der Waals surface area (Å²) in [4.78, 5) is 48.1. The molecule has 1 saturated heterocycles. The third-order valence-electron chi connectivity index (χ3n) is 4.39. The average Bonchev–Trinajstić information content (AvgIpc) is 3.00. The first-order valence-electron chi connectivity index (χ1n) is 8.43. The number of amides is 4. The molecule has 3 rings (SSSR count). The number of nitrogens with one attached hydrogen (secondary N) is 1. The number of aromatic nitrogens is 2. The highest BCUT2D eigenvalue weighted by molar-refractivity contribution is 6.08. The van der Waals surface area contributed by atoms with Crippen LogP contribution in [0, 0.1) is 5.92 Å². The molecule has 0 aliphatic carbocycles. The maximum absolute atomic E-state index is 12.5. The van der Waals surface area contributed by atoms with Crippen molar-refractivity contribution >= 4 is 17.8 Å². The lowest BCUT2D eigenvalue weighted by Gasteiger charge is -2.19. The highest BCUT2D eigenvalue weighted by atomic mass is 16.2. The van der Waals surface area contributed by atoms with Gasteiger partial charge >= 0.3 is 6.03 Å². The van der Waals surface area contributed by atoms with E-state index in [0.29, 0.717) is 19.0 Å². The molecule has 2 aliphatic heterocycles. The Morgan fingerprint density at radius 3 is 2.64 bits per heavy atom. The first-order valence-corrected chi connectivity index (χ1v) is 8.43. The second-order valence-corrected chi connectivity index (χ2v) is 7.55. The number of carbonyl (C=O) groups excluding carboxylic acids is 3. The number of urea groups is 1. The quantitative estimate of drug-likeness (QED) is 0.816. The molecule has 0 aromatic carbocycles. The summed E-state index contributed by atoms with van der Waals surface area (Å²) in [5.74, 6) is 0.574. The van der Waals surface area contributed by atoms with Gasteiger partial charge in [-0.2, -0.15) is 0 Å². The van der Waals surface area contributed by atoms with E-state index in [1.165, 1.54) is 0 Å². The van der Waals surface area contributed by atoms with E-state index in [9.17, 15) is 14.4 Å². The summed E-state index contributed by atoms with van der Waals surface area (Å²) in [6.07, 6.45) is 2.56. The van der Waals surface area contributed by atoms with Crippen LogP contribution in [0.25, 0.3) is 0 Å². The van der Waals surface area contributed by atoms with Gasteiger partial charge in [0.2, 0.25) is 5.91 Å². The zero-order chi connectivity index (χ0) is 18.4. The molecule has 2 aliphatic rings. The number of hydrogen-bond acceptors (Lipinski definition) is 5. The van der Waals surface area contributed by atoms with Gasteiger partial charge in [-0.25, -0.2) is 14.8 Å². The molecule has 0 spiro atoms. The van der Waals surface area contributed by atoms with Crippen molar-refractivity contribution in [1.82, 2.24) is 25.1 Å². The number of imide groups is 1. The minimum atomic E-state index is -0.970. The Morgan fingerprint density at radius 1 is 1.32 bits per heavy atom. The Balaban J connectivity index is 1.67. The van der Waals surface area contributed by atoms with E-state index < -0.39 is 11.6 Å². The van der Waals surface area contributed by atoms with Gasteiger partial charge in [0, 0.05) is 24.7 Å². The average molecular weight is 345 g/mol. The van der Waals surface area contributed by atoms with Crippen molar-refractivity contribution in [3.8, 4) is 0 Å². The van der Waals surface area contributed by atoms with Crippen molar-refractivity contribution in [2.45, 2.75) is 52.7 Å². The monoisotopic (exact) mass is 345 g/mol. The highest BCUT2D eigenvalue weighted by Gasteiger charge is 2.45. The summed E-state index contributed by atoms with van der Waals surface area (Å²) in [6, 6.07) is -0.529. The van der Waals surface area contributed by atoms with Crippen LogP contribution >= 0.6 is 0 Å². The smallest absolute Gasteiger partial charge is 0.325 e. The molecule has 134 valence electrons. The summed E-state index contributed by atoms with van der Waals surface area (Å²) in [7, 11) is 0. The largest absolute Gasteiger partial charge is 0.331 e. The zero-order valence-corrected chi connectivity index (χ0v) is 15.0. The number of carbonyl (C=O) groups is 3. The zero-order valence-electron chi connectivity index (χ0n) is 15.0. The highest BCUT2D eigenvalue weighted by Crippen LogP contribution is 2.22. The van der Waals surface area contributed by atoms with Crippen molar-refractivity contribution in [2.24, 2.45) is 5.92 Å². The Hall–Kier alpha value is -2.51. The van der Waals surface area contributed by atoms with E-state index in [-0.39, 0.29) is 18.4 Å². The Bertz CT molecular complexity index is 744. The summed E-state index contributed by atoms with van der Waals surface area (Å²) < 4.78 is 0. The van der Waals surface area contributed by atoms with Crippen LogP contribution in [-0.2, 0) is 29.1 Å². The Kier molecular flexibility index (Phi) is 4.22. The van der Waals surface area contributed by atoms with E-state index in [1.54, 1.807) is 24.9 Å². The van der Waals surface area contributed by atoms with Crippen LogP contribution in [0.15, 0.2) is 6.20 Å². The van der Waals surface area contributed by atoms with Gasteiger partial charge < -0.3 is 10.2 Å². The Labute approximate surface area is 146 Å². The first kappa shape index (κ1) is 17.3. The molecular formula is C17H23N5O3. The van der Waals surface area contributed by atoms with Gasteiger partial charge in [0.1, 0.15) is 17.9 Å². The van der Waals surface area contributed by atoms with Crippen molar-refractivity contribution in [2.75, 3.05) is 6.54 Å². The molecule has 0 saturated carbocycles. The molecule has 1 aromatic rings. The first-order chi connectivity index (χ1) is 11.7. The van der Waals surface area contributed by atoms with Crippen molar-refractivity contribution in [3.05, 3.63) is 23.3 Å². The predicted molar refractivity (Wildman–Crippen MR) is 89.2 cm³/mol. The maximum Gasteiger partial charge on any atom is 0.325 e. The van der Waals surface area contributed by atoms with Crippen LogP contribution in [0.2, 0.25) is 0 Å². The van der Waals surface area contributed by atoms with Crippen LogP contribution in [0.5, 0.6) is 0 Å². The van der Waals surface area contributed by atoms with Crippen molar-refractivity contribution < 1.29 is 14.4 Å². The van der Waals surface area contributed by atoms with Crippen molar-refractivity contribution in [3.63, 3.8) is 0 Å². The van der Waals surface area contributed by atoms with Gasteiger partial charge in [-0.15, -0.1) is 0 Å². The van der Waals surface area contributed by atoms with Crippen LogP contribution in [0.3, 0.4) is 0 Å². The number of nitrogens with zero attached hydrogens (tertiary/aromatic N) is 4. The summed E-state index contributed by atoms with van der Waals surface area (Å²) in [5, 5.41) is 2.58. The molecular weight excluding hydrogens is 322 g/mol. The topological polar surface area (TPSA) is 95.5 Å². The molecule has 1 N–H and O–H groups in total. The normalized spacial score (nSPS) is 18.8. The van der Waals surface area contributed by atoms with Gasteiger partial charge in [0.05, 0.1) is 12.2 Å². The van der Waals surface area contributed by atoms with Gasteiger partial charge in [0.15, 0.2) is 0 Å². The summed E-state index contributed by atoms with van der Waals surface area (Å²) in [6.45, 7) is 7.98. The second-order valence-electron chi connectivity index (χ2n) is 7.55. The van der Waals surface area contributed by atoms with E-state index in [1.807, 2.05) is 0 Å². The lowest BCUT2D eigenvalue weighted by molar-refractivity contribution is -0.138. The molecule has 1 aromatic heterocycles. The summed E-state index contributed by atoms with van der Waals surface area (Å²) in [5.41, 5.74) is 0.789. The van der Waals surface area contributed by atoms with E-state index in [4.69, 9.17) is 0 Å². The van der Waals surface area contributed by atoms with Gasteiger partial charge in [0.25, 0.3) is 5.91 Å². The predicted octanol–water partition coefficient (Wildman–Crippen LogP) is 0.848. The minimum Gasteiger partial charge on any atom is -0.331 e. The number of fused-ring (bicyclic) bond motifs is 1. The fraction of sp³-hybridized carbons (Fsp3) is 0.588. The number of hydrogen-bond donors (Lipinski definition) is 1. The van der Waals surface area contributed by atoms with Crippen LogP contribution in [0.1, 0.15) is 44.8 Å². The molecule has 0 atom stereocenters. The molecule has 8 nitrogen and oxygen atoms in total. The summed E-state index contributed by atoms with van der Waals surface area (Å²) >= 11 is 0. The van der Waals surface area contributed by atoms with Crippen LogP contribution < -0.4 is 5.32 Å². The minimum absolute atomic E-state index is 0.256. The SMILES string of the molecule is CC(C)Cc1ncc2c(n1)CN(C(=O)CN1C(=O)NC(C)(C)C1=O)C2. The lowest BCUT2D eigenvalue weighted by atomic mass is 10.1. The van der Waals surface area contributed by atoms with E-state index in [0.717, 1.165) is 28.4 Å². The molecule has 8 heteroatoms. The second kappa shape index (κ2) is 6.09. The fourth-order valence-electron chi connectivity index (χ4n) is 3.03. The van der Waals surface area contributed by atoms with Crippen molar-refractivity contribution in [1.29, 1.82) is 0 Å². The maximum atomic E-state index is 12.5. The molecule has 0 bridgehead atoms. The molecule has 3 heterocycles. The third kappa shape index (κ3) is 3.33. The van der Waals surface area contributed by atoms with Crippen LogP contribution in [0.4, 0.5) is 4.79 Å². The number of rotatable bonds is 4.